The summed E-state index contributed by atoms with van der Waals surface area (Å²) in [6, 6.07) is 18.5. The molecule has 0 aromatic heterocycles. The summed E-state index contributed by atoms with van der Waals surface area (Å²) in [4.78, 5) is 2.33. The van der Waals surface area contributed by atoms with Gasteiger partial charge in [0.1, 0.15) is 5.75 Å². The van der Waals surface area contributed by atoms with Crippen molar-refractivity contribution in [1.82, 2.24) is 4.90 Å². The van der Waals surface area contributed by atoms with Crippen LogP contribution >= 0.6 is 12.4 Å². The Morgan fingerprint density at radius 1 is 1.12 bits per heavy atom. The van der Waals surface area contributed by atoms with Crippen molar-refractivity contribution in [3.8, 4) is 5.75 Å². The lowest BCUT2D eigenvalue weighted by Crippen LogP contribution is -2.43. The summed E-state index contributed by atoms with van der Waals surface area (Å²) in [6.45, 7) is 1.80. The van der Waals surface area contributed by atoms with Crippen molar-refractivity contribution < 1.29 is 9.84 Å². The maximum Gasteiger partial charge on any atom is 0.119 e. The van der Waals surface area contributed by atoms with Gasteiger partial charge in [-0.25, -0.2) is 0 Å². The zero-order chi connectivity index (χ0) is 17.7. The number of hydrogen-bond acceptors (Lipinski definition) is 3. The van der Waals surface area contributed by atoms with Gasteiger partial charge in [0.05, 0.1) is 12.7 Å². The summed E-state index contributed by atoms with van der Waals surface area (Å²) in [7, 11) is 3.82. The lowest BCUT2D eigenvalue weighted by Gasteiger charge is -2.42. The van der Waals surface area contributed by atoms with Crippen LogP contribution in [0, 0.1) is 5.92 Å². The van der Waals surface area contributed by atoms with E-state index < -0.39 is 5.60 Å². The number of ether oxygens (including phenoxy) is 1. The fraction of sp³-hybridized carbons (Fsp3) is 0.455. The van der Waals surface area contributed by atoms with Gasteiger partial charge in [-0.15, -0.1) is 12.4 Å². The van der Waals surface area contributed by atoms with Gasteiger partial charge in [-0.05, 0) is 43.1 Å². The molecular weight excluding hydrogens is 346 g/mol. The third kappa shape index (κ3) is 4.79. The zero-order valence-electron chi connectivity index (χ0n) is 15.7. The number of rotatable bonds is 6. The molecule has 4 heteroatoms. The summed E-state index contributed by atoms with van der Waals surface area (Å²) in [6.07, 6.45) is 4.15. The highest BCUT2D eigenvalue weighted by molar-refractivity contribution is 5.85. The van der Waals surface area contributed by atoms with Crippen molar-refractivity contribution in [3.05, 3.63) is 65.7 Å². The van der Waals surface area contributed by atoms with Crippen molar-refractivity contribution in [3.63, 3.8) is 0 Å². The van der Waals surface area contributed by atoms with E-state index in [1.165, 1.54) is 12.0 Å². The smallest absolute Gasteiger partial charge is 0.119 e. The van der Waals surface area contributed by atoms with Crippen LogP contribution in [0.1, 0.15) is 36.8 Å². The van der Waals surface area contributed by atoms with E-state index in [1.807, 2.05) is 30.3 Å². The first-order chi connectivity index (χ1) is 12.1. The minimum Gasteiger partial charge on any atom is -0.497 e. The molecule has 1 aliphatic rings. The third-order valence-corrected chi connectivity index (χ3v) is 5.43. The van der Waals surface area contributed by atoms with Gasteiger partial charge in [-0.1, -0.05) is 55.3 Å². The molecule has 1 N–H and O–H groups in total. The molecule has 0 aliphatic heterocycles. The molecule has 1 aliphatic carbocycles. The minimum absolute atomic E-state index is 0. The SMILES string of the molecule is COc1cccc([C@]2(O)CCCC[C@H]2CN(C)Cc2ccccc2)c1.Cl. The van der Waals surface area contributed by atoms with Crippen LogP contribution < -0.4 is 4.74 Å². The third-order valence-electron chi connectivity index (χ3n) is 5.43. The van der Waals surface area contributed by atoms with Crippen molar-refractivity contribution in [2.75, 3.05) is 20.7 Å². The summed E-state index contributed by atoms with van der Waals surface area (Å²) in [5, 5.41) is 11.6. The van der Waals surface area contributed by atoms with E-state index in [0.717, 1.165) is 43.7 Å². The highest BCUT2D eigenvalue weighted by Gasteiger charge is 2.40. The summed E-state index contributed by atoms with van der Waals surface area (Å²) in [5.41, 5.74) is 1.54. The van der Waals surface area contributed by atoms with Crippen LogP contribution in [-0.2, 0) is 12.1 Å². The molecular formula is C22H30ClNO2. The van der Waals surface area contributed by atoms with Gasteiger partial charge in [0, 0.05) is 19.0 Å². The molecule has 0 amide bonds. The largest absolute Gasteiger partial charge is 0.497 e. The molecule has 2 atom stereocenters. The van der Waals surface area contributed by atoms with E-state index in [4.69, 9.17) is 4.74 Å². The number of halogens is 1. The van der Waals surface area contributed by atoms with Crippen LogP contribution in [0.15, 0.2) is 54.6 Å². The second-order valence-electron chi connectivity index (χ2n) is 7.28. The van der Waals surface area contributed by atoms with Crippen molar-refractivity contribution in [1.29, 1.82) is 0 Å². The second-order valence-corrected chi connectivity index (χ2v) is 7.28. The van der Waals surface area contributed by atoms with Crippen LogP contribution in [0.3, 0.4) is 0 Å². The van der Waals surface area contributed by atoms with Crippen LogP contribution in [0.25, 0.3) is 0 Å². The molecule has 0 spiro atoms. The molecule has 3 nitrogen and oxygen atoms in total. The zero-order valence-corrected chi connectivity index (χ0v) is 16.5. The van der Waals surface area contributed by atoms with E-state index in [1.54, 1.807) is 7.11 Å². The number of aliphatic hydroxyl groups is 1. The van der Waals surface area contributed by atoms with Gasteiger partial charge in [0.15, 0.2) is 0 Å². The molecule has 0 saturated heterocycles. The average Bonchev–Trinajstić information content (AvgIpc) is 2.64. The summed E-state index contributed by atoms with van der Waals surface area (Å²) < 4.78 is 5.36. The first-order valence-corrected chi connectivity index (χ1v) is 9.21. The summed E-state index contributed by atoms with van der Waals surface area (Å²) >= 11 is 0. The molecule has 0 unspecified atom stereocenters. The average molecular weight is 376 g/mol. The standard InChI is InChI=1S/C22H29NO2.ClH/c1-23(16-18-9-4-3-5-10-18)17-20-11-6-7-14-22(20,24)19-12-8-13-21(15-19)25-2;/h3-5,8-10,12-13,15,20,24H,6-7,11,14,16-17H2,1-2H3;1H/t20-,22+;/m0./s1. The molecule has 2 aromatic carbocycles. The van der Waals surface area contributed by atoms with E-state index in [-0.39, 0.29) is 18.3 Å². The van der Waals surface area contributed by atoms with Gasteiger partial charge in [0.2, 0.25) is 0 Å². The molecule has 3 rings (SSSR count). The predicted octanol–water partition coefficient (Wildman–Crippen LogP) is 4.63. The van der Waals surface area contributed by atoms with Gasteiger partial charge in [-0.3, -0.25) is 0 Å². The fourth-order valence-electron chi connectivity index (χ4n) is 4.08. The monoisotopic (exact) mass is 375 g/mol. The highest BCUT2D eigenvalue weighted by atomic mass is 35.5. The molecule has 0 radical (unpaired) electrons. The first-order valence-electron chi connectivity index (χ1n) is 9.21. The number of hydrogen-bond donors (Lipinski definition) is 1. The topological polar surface area (TPSA) is 32.7 Å². The summed E-state index contributed by atoms with van der Waals surface area (Å²) in [5.74, 6) is 1.05. The van der Waals surface area contributed by atoms with Gasteiger partial charge < -0.3 is 14.7 Å². The normalized spacial score (nSPS) is 22.7. The Kier molecular flexibility index (Phi) is 7.51. The second kappa shape index (κ2) is 9.40. The molecule has 1 fully saturated rings. The van der Waals surface area contributed by atoms with E-state index >= 15 is 0 Å². The quantitative estimate of drug-likeness (QED) is 0.799. The van der Waals surface area contributed by atoms with Crippen molar-refractivity contribution in [2.24, 2.45) is 5.92 Å². The Morgan fingerprint density at radius 3 is 2.62 bits per heavy atom. The molecule has 142 valence electrons. The molecule has 26 heavy (non-hydrogen) atoms. The maximum absolute atomic E-state index is 11.6. The number of benzene rings is 2. The Labute approximate surface area is 163 Å². The van der Waals surface area contributed by atoms with Gasteiger partial charge in [0.25, 0.3) is 0 Å². The van der Waals surface area contributed by atoms with Crippen molar-refractivity contribution >= 4 is 12.4 Å². The van der Waals surface area contributed by atoms with Crippen LogP contribution in [-0.4, -0.2) is 30.7 Å². The van der Waals surface area contributed by atoms with Gasteiger partial charge in [-0.2, -0.15) is 0 Å². The Morgan fingerprint density at radius 2 is 1.88 bits per heavy atom. The fourth-order valence-corrected chi connectivity index (χ4v) is 4.08. The van der Waals surface area contributed by atoms with E-state index in [2.05, 4.69) is 36.2 Å². The van der Waals surface area contributed by atoms with E-state index in [9.17, 15) is 5.11 Å². The minimum atomic E-state index is -0.766. The van der Waals surface area contributed by atoms with Crippen LogP contribution in [0.4, 0.5) is 0 Å². The Balaban J connectivity index is 0.00000243. The molecule has 0 bridgehead atoms. The predicted molar refractivity (Wildman–Crippen MR) is 109 cm³/mol. The lowest BCUT2D eigenvalue weighted by atomic mass is 9.71. The first kappa shape index (κ1) is 20.8. The molecule has 0 heterocycles. The van der Waals surface area contributed by atoms with Crippen molar-refractivity contribution in [2.45, 2.75) is 37.8 Å². The lowest BCUT2D eigenvalue weighted by molar-refractivity contribution is -0.0643. The molecule has 1 saturated carbocycles. The van der Waals surface area contributed by atoms with Crippen LogP contribution in [0.5, 0.6) is 5.75 Å². The van der Waals surface area contributed by atoms with E-state index in [0.29, 0.717) is 0 Å². The number of nitrogens with zero attached hydrogens (tertiary/aromatic N) is 1. The van der Waals surface area contributed by atoms with Gasteiger partial charge >= 0.3 is 0 Å². The highest BCUT2D eigenvalue weighted by Crippen LogP contribution is 2.42. The number of methoxy groups -OCH3 is 1. The molecule has 2 aromatic rings. The van der Waals surface area contributed by atoms with Crippen LogP contribution in [0.2, 0.25) is 0 Å². The Hall–Kier alpha value is -1.55. The maximum atomic E-state index is 11.6. The Bertz CT molecular complexity index is 679.